The Morgan fingerprint density at radius 1 is 1.38 bits per heavy atom. The van der Waals surface area contributed by atoms with Crippen LogP contribution in [0, 0.1) is 5.92 Å². The quantitative estimate of drug-likeness (QED) is 0.654. The van der Waals surface area contributed by atoms with Crippen LogP contribution in [-0.2, 0) is 9.84 Å². The molecule has 2 N–H and O–H groups in total. The Morgan fingerprint density at radius 3 is 2.31 bits per heavy atom. The summed E-state index contributed by atoms with van der Waals surface area (Å²) < 4.78 is 22.2. The van der Waals surface area contributed by atoms with E-state index in [0.717, 1.165) is 13.1 Å². The minimum absolute atomic E-state index is 0.192. The summed E-state index contributed by atoms with van der Waals surface area (Å²) in [4.78, 5) is 2.58. The highest BCUT2D eigenvalue weighted by Crippen LogP contribution is 2.01. The number of rotatable bonds is 8. The molecule has 0 bridgehead atoms. The zero-order valence-electron chi connectivity index (χ0n) is 10.3. The summed E-state index contributed by atoms with van der Waals surface area (Å²) in [7, 11) is -2.90. The average molecular weight is 266 g/mol. The van der Waals surface area contributed by atoms with Gasteiger partial charge in [0, 0.05) is 32.3 Å². The number of hydrogen-bond acceptors (Lipinski definition) is 4. The van der Waals surface area contributed by atoms with Crippen molar-refractivity contribution >= 4 is 27.0 Å². The summed E-state index contributed by atoms with van der Waals surface area (Å²) in [5.41, 5.74) is 5.44. The van der Waals surface area contributed by atoms with Gasteiger partial charge in [0.25, 0.3) is 0 Å². The highest BCUT2D eigenvalue weighted by atomic mass is 32.2. The average Bonchev–Trinajstić information content (AvgIpc) is 2.07. The van der Waals surface area contributed by atoms with E-state index in [4.69, 9.17) is 18.0 Å². The van der Waals surface area contributed by atoms with Crippen LogP contribution in [0.5, 0.6) is 0 Å². The zero-order valence-corrected chi connectivity index (χ0v) is 11.9. The first-order valence-corrected chi connectivity index (χ1v) is 7.86. The van der Waals surface area contributed by atoms with Crippen molar-refractivity contribution < 1.29 is 8.42 Å². The molecule has 96 valence electrons. The molecule has 4 nitrogen and oxygen atoms in total. The van der Waals surface area contributed by atoms with Crippen molar-refractivity contribution in [3.05, 3.63) is 0 Å². The van der Waals surface area contributed by atoms with E-state index >= 15 is 0 Å². The highest BCUT2D eigenvalue weighted by Gasteiger charge is 2.11. The molecule has 0 rings (SSSR count). The lowest BCUT2D eigenvalue weighted by molar-refractivity contribution is 0.264. The van der Waals surface area contributed by atoms with Crippen LogP contribution >= 0.6 is 12.2 Å². The van der Waals surface area contributed by atoms with Gasteiger partial charge >= 0.3 is 0 Å². The van der Waals surface area contributed by atoms with Gasteiger partial charge in [-0.25, -0.2) is 8.42 Å². The Balaban J connectivity index is 4.15. The van der Waals surface area contributed by atoms with Crippen LogP contribution in [0.2, 0.25) is 0 Å². The van der Waals surface area contributed by atoms with Gasteiger partial charge in [0.05, 0.1) is 10.7 Å². The molecule has 0 saturated heterocycles. The first kappa shape index (κ1) is 15.8. The van der Waals surface area contributed by atoms with Crippen LogP contribution in [0.4, 0.5) is 0 Å². The largest absolute Gasteiger partial charge is 0.393 e. The fourth-order valence-electron chi connectivity index (χ4n) is 1.37. The molecule has 16 heavy (non-hydrogen) atoms. The van der Waals surface area contributed by atoms with Gasteiger partial charge in [-0.2, -0.15) is 0 Å². The molecule has 0 atom stereocenters. The third-order valence-electron chi connectivity index (χ3n) is 2.08. The highest BCUT2D eigenvalue weighted by molar-refractivity contribution is 7.90. The van der Waals surface area contributed by atoms with Crippen LogP contribution in [0.25, 0.3) is 0 Å². The van der Waals surface area contributed by atoms with Crippen LogP contribution in [0.3, 0.4) is 0 Å². The van der Waals surface area contributed by atoms with Crippen molar-refractivity contribution in [1.82, 2.24) is 4.90 Å². The fourth-order valence-corrected chi connectivity index (χ4v) is 2.06. The third-order valence-corrected chi connectivity index (χ3v) is 3.20. The van der Waals surface area contributed by atoms with Crippen molar-refractivity contribution in [3.63, 3.8) is 0 Å². The van der Waals surface area contributed by atoms with Gasteiger partial charge in [-0.05, 0) is 5.92 Å². The number of nitrogens with two attached hydrogens (primary N) is 1. The zero-order chi connectivity index (χ0) is 12.8. The second kappa shape index (κ2) is 7.19. The van der Waals surface area contributed by atoms with Crippen molar-refractivity contribution in [2.45, 2.75) is 20.3 Å². The minimum Gasteiger partial charge on any atom is -0.393 e. The maximum atomic E-state index is 11.1. The van der Waals surface area contributed by atoms with Gasteiger partial charge in [0.2, 0.25) is 0 Å². The van der Waals surface area contributed by atoms with E-state index in [1.807, 2.05) is 0 Å². The molecule has 0 aliphatic carbocycles. The molecular weight excluding hydrogens is 244 g/mol. The molecule has 0 aromatic rings. The van der Waals surface area contributed by atoms with Gasteiger partial charge in [0.15, 0.2) is 0 Å². The van der Waals surface area contributed by atoms with E-state index in [9.17, 15) is 8.42 Å². The lowest BCUT2D eigenvalue weighted by Gasteiger charge is -2.23. The van der Waals surface area contributed by atoms with Crippen molar-refractivity contribution in [3.8, 4) is 0 Å². The number of nitrogens with zero attached hydrogens (tertiary/aromatic N) is 1. The van der Waals surface area contributed by atoms with E-state index in [0.29, 0.717) is 23.9 Å². The summed E-state index contributed by atoms with van der Waals surface area (Å²) in [6, 6.07) is 0. The van der Waals surface area contributed by atoms with Gasteiger partial charge < -0.3 is 10.6 Å². The Bertz CT molecular complexity index is 313. The van der Waals surface area contributed by atoms with Crippen LogP contribution in [0.15, 0.2) is 0 Å². The van der Waals surface area contributed by atoms with Gasteiger partial charge in [-0.1, -0.05) is 26.1 Å². The molecule has 0 aromatic heterocycles. The molecule has 0 aromatic carbocycles. The van der Waals surface area contributed by atoms with E-state index in [2.05, 4.69) is 18.7 Å². The van der Waals surface area contributed by atoms with Crippen molar-refractivity contribution in [1.29, 1.82) is 0 Å². The van der Waals surface area contributed by atoms with Crippen molar-refractivity contribution in [2.75, 3.05) is 31.6 Å². The second-order valence-electron chi connectivity index (χ2n) is 4.54. The standard InChI is InChI=1S/C10H22N2O2S2/c1-9(2)8-12(5-4-10(11)15)6-7-16(3,13)14/h9H,4-8H2,1-3H3,(H2,11,15). The molecular formula is C10H22N2O2S2. The number of thiocarbonyl (C=S) groups is 1. The summed E-state index contributed by atoms with van der Waals surface area (Å²) in [6.45, 7) is 6.38. The Kier molecular flexibility index (Phi) is 7.10. The van der Waals surface area contributed by atoms with E-state index in [1.165, 1.54) is 6.26 Å². The molecule has 0 spiro atoms. The lowest BCUT2D eigenvalue weighted by atomic mass is 10.2. The second-order valence-corrected chi connectivity index (χ2v) is 7.32. The lowest BCUT2D eigenvalue weighted by Crippen LogP contribution is -2.34. The molecule has 0 radical (unpaired) electrons. The predicted molar refractivity (Wildman–Crippen MR) is 72.4 cm³/mol. The normalized spacial score (nSPS) is 12.3. The summed E-state index contributed by atoms with van der Waals surface area (Å²) in [6.07, 6.45) is 1.90. The first-order chi connectivity index (χ1) is 7.20. The molecule has 0 unspecified atom stereocenters. The maximum Gasteiger partial charge on any atom is 0.148 e. The van der Waals surface area contributed by atoms with Gasteiger partial charge in [-0.15, -0.1) is 0 Å². The molecule has 0 heterocycles. The Labute approximate surface area is 104 Å². The smallest absolute Gasteiger partial charge is 0.148 e. The monoisotopic (exact) mass is 266 g/mol. The van der Waals surface area contributed by atoms with E-state index < -0.39 is 9.84 Å². The van der Waals surface area contributed by atoms with Crippen LogP contribution < -0.4 is 5.73 Å². The molecule has 0 aliphatic rings. The minimum atomic E-state index is -2.90. The fraction of sp³-hybridized carbons (Fsp3) is 0.900. The topological polar surface area (TPSA) is 63.4 Å². The SMILES string of the molecule is CC(C)CN(CCC(N)=S)CCS(C)(=O)=O. The number of sulfone groups is 1. The first-order valence-electron chi connectivity index (χ1n) is 5.39. The van der Waals surface area contributed by atoms with E-state index in [-0.39, 0.29) is 5.75 Å². The third kappa shape index (κ3) is 10.3. The van der Waals surface area contributed by atoms with Crippen molar-refractivity contribution in [2.24, 2.45) is 11.7 Å². The molecule has 0 saturated carbocycles. The van der Waals surface area contributed by atoms with Gasteiger partial charge in [0.1, 0.15) is 9.84 Å². The Morgan fingerprint density at radius 2 is 1.94 bits per heavy atom. The molecule has 0 amide bonds. The summed E-state index contributed by atoms with van der Waals surface area (Å²) >= 11 is 4.82. The van der Waals surface area contributed by atoms with Crippen LogP contribution in [0.1, 0.15) is 20.3 Å². The predicted octanol–water partition coefficient (Wildman–Crippen LogP) is 0.665. The molecule has 6 heteroatoms. The van der Waals surface area contributed by atoms with Gasteiger partial charge in [-0.3, -0.25) is 0 Å². The molecule has 0 aliphatic heterocycles. The summed E-state index contributed by atoms with van der Waals surface area (Å²) in [5.74, 6) is 0.697. The molecule has 0 fully saturated rings. The summed E-state index contributed by atoms with van der Waals surface area (Å²) in [5, 5.41) is 0. The Hall–Kier alpha value is -0.200. The van der Waals surface area contributed by atoms with E-state index in [1.54, 1.807) is 0 Å². The number of hydrogen-bond donors (Lipinski definition) is 1. The van der Waals surface area contributed by atoms with Crippen LogP contribution in [-0.4, -0.2) is 49.9 Å². The maximum absolute atomic E-state index is 11.1.